The van der Waals surface area contributed by atoms with Gasteiger partial charge in [-0.2, -0.15) is 0 Å². The van der Waals surface area contributed by atoms with Crippen molar-refractivity contribution in [3.63, 3.8) is 0 Å². The molecule has 3 rings (SSSR count). The third kappa shape index (κ3) is 2.89. The second-order valence-corrected chi connectivity index (χ2v) is 7.13. The molecule has 1 aliphatic carbocycles. The van der Waals surface area contributed by atoms with Crippen LogP contribution in [0.5, 0.6) is 0 Å². The summed E-state index contributed by atoms with van der Waals surface area (Å²) in [4.78, 5) is 2.67. The second kappa shape index (κ2) is 6.48. The molecule has 0 aromatic heterocycles. The van der Waals surface area contributed by atoms with Gasteiger partial charge in [0.15, 0.2) is 0 Å². The number of nitrogens with two attached hydrogens (primary N) is 1. The largest absolute Gasteiger partial charge is 0.367 e. The van der Waals surface area contributed by atoms with Crippen molar-refractivity contribution in [2.45, 2.75) is 51.0 Å². The average molecular weight is 337 g/mol. The van der Waals surface area contributed by atoms with Gasteiger partial charge in [0.1, 0.15) is 0 Å². The molecule has 0 radical (unpaired) electrons. The highest BCUT2D eigenvalue weighted by Gasteiger charge is 2.33. The Morgan fingerprint density at radius 1 is 1.15 bits per heavy atom. The van der Waals surface area contributed by atoms with Crippen LogP contribution >= 0.6 is 15.9 Å². The summed E-state index contributed by atoms with van der Waals surface area (Å²) in [6, 6.07) is 7.58. The molecule has 2 unspecified atom stereocenters. The Kier molecular flexibility index (Phi) is 4.67. The van der Waals surface area contributed by atoms with E-state index in [2.05, 4.69) is 39.0 Å². The summed E-state index contributed by atoms with van der Waals surface area (Å²) in [5.41, 5.74) is 8.38. The standard InChI is InChI=1S/C17H25BrN2/c18-15-12-13(9-10-19)7-8-17(15)20-11-3-5-14-4-1-2-6-16(14)20/h7-8,12,14,16H,1-6,9-11,19H2. The molecule has 110 valence electrons. The second-order valence-electron chi connectivity index (χ2n) is 6.27. The first kappa shape index (κ1) is 14.4. The summed E-state index contributed by atoms with van der Waals surface area (Å²) in [5.74, 6) is 0.924. The molecule has 2 aliphatic rings. The monoisotopic (exact) mass is 336 g/mol. The van der Waals surface area contributed by atoms with Crippen LogP contribution in [0.2, 0.25) is 0 Å². The van der Waals surface area contributed by atoms with E-state index in [4.69, 9.17) is 5.73 Å². The van der Waals surface area contributed by atoms with Gasteiger partial charge >= 0.3 is 0 Å². The first-order valence-electron chi connectivity index (χ1n) is 8.04. The lowest BCUT2D eigenvalue weighted by atomic mass is 9.78. The zero-order valence-corrected chi connectivity index (χ0v) is 13.7. The summed E-state index contributed by atoms with van der Waals surface area (Å²) < 4.78 is 1.25. The normalized spacial score (nSPS) is 26.4. The van der Waals surface area contributed by atoms with Gasteiger partial charge in [-0.15, -0.1) is 0 Å². The molecule has 0 bridgehead atoms. The van der Waals surface area contributed by atoms with Gasteiger partial charge < -0.3 is 10.6 Å². The maximum absolute atomic E-state index is 5.65. The van der Waals surface area contributed by atoms with Crippen LogP contribution in [0, 0.1) is 5.92 Å². The summed E-state index contributed by atoms with van der Waals surface area (Å²) in [6.45, 7) is 1.94. The van der Waals surface area contributed by atoms with Gasteiger partial charge in [0.05, 0.1) is 5.69 Å². The van der Waals surface area contributed by atoms with Gasteiger partial charge in [-0.05, 0) is 78.2 Å². The molecular formula is C17H25BrN2. The maximum atomic E-state index is 5.65. The first-order valence-corrected chi connectivity index (χ1v) is 8.84. The van der Waals surface area contributed by atoms with Gasteiger partial charge in [-0.1, -0.05) is 18.9 Å². The molecule has 2 N–H and O–H groups in total. The molecule has 1 saturated carbocycles. The van der Waals surface area contributed by atoms with Crippen molar-refractivity contribution >= 4 is 21.6 Å². The Morgan fingerprint density at radius 3 is 2.75 bits per heavy atom. The predicted octanol–water partition coefficient (Wildman–Crippen LogP) is 4.11. The summed E-state index contributed by atoms with van der Waals surface area (Å²) in [5, 5.41) is 0. The van der Waals surface area contributed by atoms with Crippen LogP contribution in [0.25, 0.3) is 0 Å². The van der Waals surface area contributed by atoms with Crippen LogP contribution in [-0.4, -0.2) is 19.1 Å². The van der Waals surface area contributed by atoms with Crippen molar-refractivity contribution in [3.8, 4) is 0 Å². The smallest absolute Gasteiger partial charge is 0.0513 e. The van der Waals surface area contributed by atoms with Crippen molar-refractivity contribution in [2.24, 2.45) is 11.7 Å². The lowest BCUT2D eigenvalue weighted by molar-refractivity contribution is 0.243. The SMILES string of the molecule is NCCc1ccc(N2CCCC3CCCCC32)c(Br)c1. The van der Waals surface area contributed by atoms with Crippen LogP contribution < -0.4 is 10.6 Å². The quantitative estimate of drug-likeness (QED) is 0.899. The number of halogens is 1. The van der Waals surface area contributed by atoms with Crippen LogP contribution in [0.4, 0.5) is 5.69 Å². The van der Waals surface area contributed by atoms with Gasteiger partial charge in [0.2, 0.25) is 0 Å². The van der Waals surface area contributed by atoms with Gasteiger partial charge in [-0.3, -0.25) is 0 Å². The number of anilines is 1. The highest BCUT2D eigenvalue weighted by molar-refractivity contribution is 9.10. The zero-order valence-electron chi connectivity index (χ0n) is 12.2. The highest BCUT2D eigenvalue weighted by atomic mass is 79.9. The average Bonchev–Trinajstić information content (AvgIpc) is 2.47. The van der Waals surface area contributed by atoms with Crippen LogP contribution in [-0.2, 0) is 6.42 Å². The van der Waals surface area contributed by atoms with Gasteiger partial charge in [0.25, 0.3) is 0 Å². The summed E-state index contributed by atoms with van der Waals surface area (Å²) >= 11 is 3.79. The Balaban J connectivity index is 1.83. The Hall–Kier alpha value is -0.540. The molecule has 2 fully saturated rings. The van der Waals surface area contributed by atoms with E-state index in [-0.39, 0.29) is 0 Å². The Bertz CT molecular complexity index is 458. The van der Waals surface area contributed by atoms with E-state index in [0.29, 0.717) is 0 Å². The fourth-order valence-electron chi connectivity index (χ4n) is 4.03. The van der Waals surface area contributed by atoms with Gasteiger partial charge in [-0.25, -0.2) is 0 Å². The molecule has 1 aromatic rings. The predicted molar refractivity (Wildman–Crippen MR) is 89.2 cm³/mol. The number of rotatable bonds is 3. The number of piperidine rings is 1. The maximum Gasteiger partial charge on any atom is 0.0513 e. The Morgan fingerprint density at radius 2 is 1.95 bits per heavy atom. The minimum Gasteiger partial charge on any atom is -0.367 e. The van der Waals surface area contributed by atoms with Crippen molar-refractivity contribution in [1.29, 1.82) is 0 Å². The Labute approximate surface area is 130 Å². The van der Waals surface area contributed by atoms with Crippen molar-refractivity contribution < 1.29 is 0 Å². The number of hydrogen-bond donors (Lipinski definition) is 1. The fraction of sp³-hybridized carbons (Fsp3) is 0.647. The molecule has 1 aliphatic heterocycles. The number of benzene rings is 1. The molecule has 1 aromatic carbocycles. The lowest BCUT2D eigenvalue weighted by Gasteiger charge is -2.45. The summed E-state index contributed by atoms with van der Waals surface area (Å²) in [7, 11) is 0. The summed E-state index contributed by atoms with van der Waals surface area (Å²) in [6.07, 6.45) is 9.39. The number of hydrogen-bond acceptors (Lipinski definition) is 2. The molecular weight excluding hydrogens is 312 g/mol. The molecule has 3 heteroatoms. The van der Waals surface area contributed by atoms with E-state index < -0.39 is 0 Å². The minimum atomic E-state index is 0.722. The molecule has 0 spiro atoms. The van der Waals surface area contributed by atoms with Crippen molar-refractivity contribution in [2.75, 3.05) is 18.0 Å². The van der Waals surface area contributed by atoms with E-state index in [0.717, 1.165) is 24.9 Å². The lowest BCUT2D eigenvalue weighted by Crippen LogP contribution is -2.47. The molecule has 2 nitrogen and oxygen atoms in total. The van der Waals surface area contributed by atoms with Crippen molar-refractivity contribution in [1.82, 2.24) is 0 Å². The third-order valence-electron chi connectivity index (χ3n) is 5.00. The fourth-order valence-corrected chi connectivity index (χ4v) is 4.68. The third-order valence-corrected chi connectivity index (χ3v) is 5.63. The van der Waals surface area contributed by atoms with Crippen LogP contribution in [0.1, 0.15) is 44.1 Å². The van der Waals surface area contributed by atoms with Crippen LogP contribution in [0.15, 0.2) is 22.7 Å². The van der Waals surface area contributed by atoms with E-state index in [9.17, 15) is 0 Å². The molecule has 20 heavy (non-hydrogen) atoms. The van der Waals surface area contributed by atoms with Gasteiger partial charge in [0, 0.05) is 17.1 Å². The molecule has 2 atom stereocenters. The van der Waals surface area contributed by atoms with Crippen LogP contribution in [0.3, 0.4) is 0 Å². The zero-order chi connectivity index (χ0) is 13.9. The first-order chi connectivity index (χ1) is 9.79. The van der Waals surface area contributed by atoms with E-state index >= 15 is 0 Å². The number of fused-ring (bicyclic) bond motifs is 1. The molecule has 0 amide bonds. The number of nitrogens with zero attached hydrogens (tertiary/aromatic N) is 1. The van der Waals surface area contributed by atoms with Crippen molar-refractivity contribution in [3.05, 3.63) is 28.2 Å². The van der Waals surface area contributed by atoms with E-state index in [1.807, 2.05) is 0 Å². The van der Waals surface area contributed by atoms with E-state index in [1.165, 1.54) is 60.8 Å². The minimum absolute atomic E-state index is 0.722. The highest BCUT2D eigenvalue weighted by Crippen LogP contribution is 2.40. The topological polar surface area (TPSA) is 29.3 Å². The van der Waals surface area contributed by atoms with E-state index in [1.54, 1.807) is 0 Å². The molecule has 1 saturated heterocycles. The molecule has 1 heterocycles.